The molecule has 0 aliphatic heterocycles. The molecule has 0 aliphatic carbocycles. The van der Waals surface area contributed by atoms with Crippen LogP contribution in [0.5, 0.6) is 0 Å². The number of hydrogen-bond acceptors (Lipinski definition) is 4. The molecule has 0 bridgehead atoms. The van der Waals surface area contributed by atoms with E-state index in [-0.39, 0.29) is 5.56 Å². The summed E-state index contributed by atoms with van der Waals surface area (Å²) in [7, 11) is 1.98. The molecule has 0 saturated heterocycles. The number of anilines is 1. The summed E-state index contributed by atoms with van der Waals surface area (Å²) in [4.78, 5) is 13.9. The van der Waals surface area contributed by atoms with Crippen molar-refractivity contribution in [2.75, 3.05) is 25.0 Å². The lowest BCUT2D eigenvalue weighted by Gasteiger charge is -2.17. The molecule has 0 radical (unpaired) electrons. The quantitative estimate of drug-likeness (QED) is 0.707. The monoisotopic (exact) mass is 252 g/mol. The van der Waals surface area contributed by atoms with Crippen LogP contribution in [0.15, 0.2) is 17.1 Å². The summed E-state index contributed by atoms with van der Waals surface area (Å²) in [6.07, 6.45) is 5.82. The summed E-state index contributed by atoms with van der Waals surface area (Å²) >= 11 is 0. The van der Waals surface area contributed by atoms with E-state index >= 15 is 0 Å². The van der Waals surface area contributed by atoms with Crippen LogP contribution in [0.25, 0.3) is 0 Å². The molecule has 5 nitrogen and oxygen atoms in total. The van der Waals surface area contributed by atoms with E-state index in [2.05, 4.69) is 12.0 Å². The standard InChI is InChI=1S/C13H24N4O/c1-3-8-16(2)12-10-13(18)17(15-11-12)9-6-4-5-7-14/h10-11H,3-9,14H2,1-2H3. The predicted octanol–water partition coefficient (Wildman–Crippen LogP) is 1.22. The van der Waals surface area contributed by atoms with Crippen molar-refractivity contribution in [1.29, 1.82) is 0 Å². The van der Waals surface area contributed by atoms with Crippen molar-refractivity contribution in [2.45, 2.75) is 39.2 Å². The molecule has 1 heterocycles. The SMILES string of the molecule is CCCN(C)c1cnn(CCCCCN)c(=O)c1. The van der Waals surface area contributed by atoms with Crippen molar-refractivity contribution in [3.05, 3.63) is 22.6 Å². The Morgan fingerprint density at radius 1 is 1.39 bits per heavy atom. The van der Waals surface area contributed by atoms with Gasteiger partial charge in [0.25, 0.3) is 5.56 Å². The maximum atomic E-state index is 11.9. The maximum Gasteiger partial charge on any atom is 0.268 e. The van der Waals surface area contributed by atoms with E-state index in [0.29, 0.717) is 13.1 Å². The third kappa shape index (κ3) is 4.49. The van der Waals surface area contributed by atoms with Crippen LogP contribution in [-0.2, 0) is 6.54 Å². The molecule has 0 amide bonds. The van der Waals surface area contributed by atoms with Gasteiger partial charge >= 0.3 is 0 Å². The molecule has 0 fully saturated rings. The van der Waals surface area contributed by atoms with Gasteiger partial charge in [0.05, 0.1) is 11.9 Å². The Labute approximate surface area is 109 Å². The zero-order chi connectivity index (χ0) is 13.4. The molecule has 5 heteroatoms. The van der Waals surface area contributed by atoms with Gasteiger partial charge in [0.15, 0.2) is 0 Å². The van der Waals surface area contributed by atoms with E-state index in [9.17, 15) is 4.79 Å². The second-order valence-electron chi connectivity index (χ2n) is 4.55. The smallest absolute Gasteiger partial charge is 0.268 e. The average Bonchev–Trinajstić information content (AvgIpc) is 2.36. The van der Waals surface area contributed by atoms with Crippen LogP contribution < -0.4 is 16.2 Å². The molecule has 102 valence electrons. The van der Waals surface area contributed by atoms with Gasteiger partial charge in [-0.1, -0.05) is 13.3 Å². The highest BCUT2D eigenvalue weighted by molar-refractivity contribution is 5.41. The number of rotatable bonds is 8. The van der Waals surface area contributed by atoms with Crippen molar-refractivity contribution in [3.8, 4) is 0 Å². The first kappa shape index (κ1) is 14.7. The van der Waals surface area contributed by atoms with Gasteiger partial charge in [0, 0.05) is 26.2 Å². The molecule has 0 aromatic carbocycles. The molecule has 1 aromatic rings. The molecule has 2 N–H and O–H groups in total. The number of nitrogens with two attached hydrogens (primary N) is 1. The van der Waals surface area contributed by atoms with Gasteiger partial charge in [0.2, 0.25) is 0 Å². The molecule has 1 rings (SSSR count). The first-order valence-electron chi connectivity index (χ1n) is 6.67. The highest BCUT2D eigenvalue weighted by atomic mass is 16.1. The highest BCUT2D eigenvalue weighted by Crippen LogP contribution is 2.07. The van der Waals surface area contributed by atoms with Crippen molar-refractivity contribution in [1.82, 2.24) is 9.78 Å². The van der Waals surface area contributed by atoms with Crippen LogP contribution in [0, 0.1) is 0 Å². The van der Waals surface area contributed by atoms with Crippen LogP contribution in [0.2, 0.25) is 0 Å². The third-order valence-electron chi connectivity index (χ3n) is 2.93. The fraction of sp³-hybridized carbons (Fsp3) is 0.692. The van der Waals surface area contributed by atoms with Crippen LogP contribution >= 0.6 is 0 Å². The van der Waals surface area contributed by atoms with Crippen molar-refractivity contribution >= 4 is 5.69 Å². The zero-order valence-corrected chi connectivity index (χ0v) is 11.4. The highest BCUT2D eigenvalue weighted by Gasteiger charge is 2.03. The Morgan fingerprint density at radius 2 is 2.17 bits per heavy atom. The van der Waals surface area contributed by atoms with Crippen LogP contribution in [0.4, 0.5) is 5.69 Å². The summed E-state index contributed by atoms with van der Waals surface area (Å²) < 4.78 is 1.53. The summed E-state index contributed by atoms with van der Waals surface area (Å²) in [6.45, 7) is 4.43. The molecular formula is C13H24N4O. The first-order chi connectivity index (χ1) is 8.69. The van der Waals surface area contributed by atoms with Gasteiger partial charge in [-0.15, -0.1) is 0 Å². The number of hydrogen-bond donors (Lipinski definition) is 1. The number of nitrogens with zero attached hydrogens (tertiary/aromatic N) is 3. The van der Waals surface area contributed by atoms with Gasteiger partial charge in [-0.3, -0.25) is 4.79 Å². The fourth-order valence-corrected chi connectivity index (χ4v) is 1.85. The molecule has 0 saturated carbocycles. The lowest BCUT2D eigenvalue weighted by Crippen LogP contribution is -2.26. The zero-order valence-electron chi connectivity index (χ0n) is 11.4. The van der Waals surface area contributed by atoms with Gasteiger partial charge in [-0.05, 0) is 25.8 Å². The van der Waals surface area contributed by atoms with E-state index in [4.69, 9.17) is 5.73 Å². The van der Waals surface area contributed by atoms with E-state index < -0.39 is 0 Å². The molecule has 0 aliphatic rings. The molecule has 0 spiro atoms. The van der Waals surface area contributed by atoms with Crippen LogP contribution in [0.1, 0.15) is 32.6 Å². The Kier molecular flexibility index (Phi) is 6.43. The Hall–Kier alpha value is -1.36. The molecule has 0 atom stereocenters. The van der Waals surface area contributed by atoms with Gasteiger partial charge in [0.1, 0.15) is 0 Å². The van der Waals surface area contributed by atoms with E-state index in [1.807, 2.05) is 11.9 Å². The molecule has 18 heavy (non-hydrogen) atoms. The van der Waals surface area contributed by atoms with Crippen LogP contribution in [0.3, 0.4) is 0 Å². The second-order valence-corrected chi connectivity index (χ2v) is 4.55. The van der Waals surface area contributed by atoms with Gasteiger partial charge in [-0.25, -0.2) is 4.68 Å². The largest absolute Gasteiger partial charge is 0.373 e. The predicted molar refractivity (Wildman–Crippen MR) is 75.0 cm³/mol. The topological polar surface area (TPSA) is 64.2 Å². The van der Waals surface area contributed by atoms with E-state index in [1.165, 1.54) is 4.68 Å². The van der Waals surface area contributed by atoms with Gasteiger partial charge < -0.3 is 10.6 Å². The minimum absolute atomic E-state index is 0.0248. The average molecular weight is 252 g/mol. The van der Waals surface area contributed by atoms with Crippen molar-refractivity contribution < 1.29 is 0 Å². The first-order valence-corrected chi connectivity index (χ1v) is 6.67. The second kappa shape index (κ2) is 7.87. The summed E-state index contributed by atoms with van der Waals surface area (Å²) in [6, 6.07) is 1.66. The molecule has 0 unspecified atom stereocenters. The normalized spacial score (nSPS) is 10.6. The van der Waals surface area contributed by atoms with Gasteiger partial charge in [-0.2, -0.15) is 5.10 Å². The summed E-state index contributed by atoms with van der Waals surface area (Å²) in [5, 5.41) is 4.21. The minimum atomic E-state index is -0.0248. The lowest BCUT2D eigenvalue weighted by molar-refractivity contribution is 0.523. The van der Waals surface area contributed by atoms with E-state index in [1.54, 1.807) is 12.3 Å². The number of aryl methyl sites for hydroxylation is 1. The Morgan fingerprint density at radius 3 is 2.78 bits per heavy atom. The van der Waals surface area contributed by atoms with Crippen molar-refractivity contribution in [3.63, 3.8) is 0 Å². The fourth-order valence-electron chi connectivity index (χ4n) is 1.85. The Bertz CT molecular complexity index is 402. The van der Waals surface area contributed by atoms with Crippen LogP contribution in [-0.4, -0.2) is 29.9 Å². The van der Waals surface area contributed by atoms with E-state index in [0.717, 1.165) is 37.9 Å². The summed E-state index contributed by atoms with van der Waals surface area (Å²) in [5.74, 6) is 0. The number of aromatic nitrogens is 2. The lowest BCUT2D eigenvalue weighted by atomic mass is 10.2. The van der Waals surface area contributed by atoms with Crippen molar-refractivity contribution in [2.24, 2.45) is 5.73 Å². The molecule has 1 aromatic heterocycles. The summed E-state index contributed by atoms with van der Waals surface area (Å²) in [5.41, 5.74) is 6.29. The maximum absolute atomic E-state index is 11.9. The minimum Gasteiger partial charge on any atom is -0.373 e. The Balaban J connectivity index is 2.59. The number of unbranched alkanes of at least 4 members (excludes halogenated alkanes) is 2. The third-order valence-corrected chi connectivity index (χ3v) is 2.93. The molecular weight excluding hydrogens is 228 g/mol.